The quantitative estimate of drug-likeness (QED) is 0.264. The van der Waals surface area contributed by atoms with Crippen LogP contribution >= 0.6 is 34.8 Å². The van der Waals surface area contributed by atoms with Gasteiger partial charge in [-0.2, -0.15) is 5.10 Å². The van der Waals surface area contributed by atoms with Crippen molar-refractivity contribution in [1.29, 1.82) is 0 Å². The summed E-state index contributed by atoms with van der Waals surface area (Å²) in [6.45, 7) is 0.878. The lowest BCUT2D eigenvalue weighted by atomic mass is 10.0. The molecule has 0 unspecified atom stereocenters. The zero-order valence-corrected chi connectivity index (χ0v) is 17.9. The summed E-state index contributed by atoms with van der Waals surface area (Å²) in [5.74, 6) is 1.82. The van der Waals surface area contributed by atoms with E-state index in [2.05, 4.69) is 25.5 Å². The summed E-state index contributed by atoms with van der Waals surface area (Å²) in [7, 11) is 0. The van der Waals surface area contributed by atoms with Crippen molar-refractivity contribution in [2.24, 2.45) is 5.73 Å². The lowest BCUT2D eigenvalue weighted by Crippen LogP contribution is -2.11. The van der Waals surface area contributed by atoms with Crippen molar-refractivity contribution in [3.8, 4) is 5.75 Å². The molecular formula is C20H17Cl3N6O. The minimum Gasteiger partial charge on any atom is -0.492 e. The van der Waals surface area contributed by atoms with Crippen LogP contribution in [-0.4, -0.2) is 33.3 Å². The highest BCUT2D eigenvalue weighted by Gasteiger charge is 2.11. The van der Waals surface area contributed by atoms with Gasteiger partial charge in [0, 0.05) is 29.4 Å². The molecule has 2 aromatic carbocycles. The van der Waals surface area contributed by atoms with E-state index >= 15 is 0 Å². The third kappa shape index (κ3) is 4.76. The maximum Gasteiger partial charge on any atom is 0.225 e. The van der Waals surface area contributed by atoms with E-state index in [1.807, 2.05) is 30.3 Å². The summed E-state index contributed by atoms with van der Waals surface area (Å²) in [5.41, 5.74) is 8.47. The predicted molar refractivity (Wildman–Crippen MR) is 120 cm³/mol. The highest BCUT2D eigenvalue weighted by atomic mass is 35.5. The molecule has 0 aliphatic carbocycles. The van der Waals surface area contributed by atoms with Gasteiger partial charge >= 0.3 is 0 Å². The van der Waals surface area contributed by atoms with Gasteiger partial charge in [0.05, 0.1) is 5.52 Å². The Morgan fingerprint density at radius 1 is 1.03 bits per heavy atom. The molecule has 0 fully saturated rings. The Hall–Kier alpha value is -2.58. The Kier molecular flexibility index (Phi) is 6.24. The first-order valence-corrected chi connectivity index (χ1v) is 10.2. The Bertz CT molecular complexity index is 1180. The number of aromatic nitrogens is 4. The normalized spacial score (nSPS) is 11.1. The van der Waals surface area contributed by atoms with E-state index in [9.17, 15) is 0 Å². The molecule has 0 saturated heterocycles. The van der Waals surface area contributed by atoms with Gasteiger partial charge in [0.2, 0.25) is 5.28 Å². The van der Waals surface area contributed by atoms with Crippen LogP contribution in [0, 0.1) is 0 Å². The van der Waals surface area contributed by atoms with Crippen LogP contribution in [0.25, 0.3) is 10.9 Å². The molecule has 0 radical (unpaired) electrons. The van der Waals surface area contributed by atoms with E-state index in [-0.39, 0.29) is 10.4 Å². The van der Waals surface area contributed by atoms with Crippen LogP contribution in [0.5, 0.6) is 5.75 Å². The molecule has 0 aliphatic heterocycles. The van der Waals surface area contributed by atoms with Gasteiger partial charge in [-0.05, 0) is 53.1 Å². The van der Waals surface area contributed by atoms with Gasteiger partial charge in [-0.15, -0.1) is 0 Å². The smallest absolute Gasteiger partial charge is 0.225 e. The van der Waals surface area contributed by atoms with E-state index < -0.39 is 0 Å². The van der Waals surface area contributed by atoms with E-state index in [0.29, 0.717) is 36.2 Å². The second-order valence-electron chi connectivity index (χ2n) is 6.49. The van der Waals surface area contributed by atoms with Gasteiger partial charge in [-0.1, -0.05) is 29.3 Å². The zero-order valence-electron chi connectivity index (χ0n) is 15.6. The number of anilines is 2. The fourth-order valence-corrected chi connectivity index (χ4v) is 3.66. The number of aromatic amines is 1. The number of nitrogens with two attached hydrogens (primary N) is 1. The molecule has 7 nitrogen and oxygen atoms in total. The average Bonchev–Trinajstić information content (AvgIpc) is 3.09. The first-order chi connectivity index (χ1) is 14.5. The number of benzene rings is 2. The summed E-state index contributed by atoms with van der Waals surface area (Å²) in [6, 6.07) is 13.2. The molecule has 4 rings (SSSR count). The molecule has 0 saturated carbocycles. The highest BCUT2D eigenvalue weighted by Crippen LogP contribution is 2.29. The summed E-state index contributed by atoms with van der Waals surface area (Å²) in [6.07, 6.45) is 0.631. The van der Waals surface area contributed by atoms with Gasteiger partial charge in [0.25, 0.3) is 0 Å². The standard InChI is InChI=1S/C20H17Cl3N6O/c21-13-2-4-16(30-6-5-24)12(9-13)7-11-1-3-15-14(8-11)19(29-28-15)26-18-10-17(22)25-20(23)27-18/h1-4,8-10H,5-7,24H2,(H2,25,26,27,28,29). The fraction of sp³-hybridized carbons (Fsp3) is 0.150. The number of hydrogen-bond donors (Lipinski definition) is 3. The maximum absolute atomic E-state index is 6.20. The second kappa shape index (κ2) is 9.06. The third-order valence-electron chi connectivity index (χ3n) is 4.33. The number of hydrogen-bond acceptors (Lipinski definition) is 6. The molecule has 4 aromatic rings. The van der Waals surface area contributed by atoms with Gasteiger partial charge in [0.15, 0.2) is 5.82 Å². The number of nitrogens with one attached hydrogen (secondary N) is 2. The molecule has 10 heteroatoms. The number of halogens is 3. The molecule has 4 N–H and O–H groups in total. The highest BCUT2D eigenvalue weighted by molar-refractivity contribution is 6.32. The summed E-state index contributed by atoms with van der Waals surface area (Å²) in [4.78, 5) is 7.96. The van der Waals surface area contributed by atoms with Crippen LogP contribution in [0.15, 0.2) is 42.5 Å². The Balaban J connectivity index is 1.64. The fourth-order valence-electron chi connectivity index (χ4n) is 3.06. The summed E-state index contributed by atoms with van der Waals surface area (Å²) < 4.78 is 5.76. The van der Waals surface area contributed by atoms with Crippen LogP contribution in [0.3, 0.4) is 0 Å². The Morgan fingerprint density at radius 2 is 1.90 bits per heavy atom. The van der Waals surface area contributed by atoms with Gasteiger partial charge < -0.3 is 15.8 Å². The molecule has 0 bridgehead atoms. The first kappa shape index (κ1) is 20.7. The lowest BCUT2D eigenvalue weighted by Gasteiger charge is -2.12. The van der Waals surface area contributed by atoms with Gasteiger partial charge in [-0.3, -0.25) is 5.10 Å². The molecule has 0 aliphatic rings. The zero-order chi connectivity index (χ0) is 21.1. The number of rotatable bonds is 7. The van der Waals surface area contributed by atoms with E-state index in [0.717, 1.165) is 27.8 Å². The van der Waals surface area contributed by atoms with Crippen LogP contribution in [0.4, 0.5) is 11.6 Å². The summed E-state index contributed by atoms with van der Waals surface area (Å²) >= 11 is 18.0. The average molecular weight is 464 g/mol. The van der Waals surface area contributed by atoms with Crippen molar-refractivity contribution in [1.82, 2.24) is 20.2 Å². The molecule has 2 aromatic heterocycles. The number of H-pyrrole nitrogens is 1. The molecule has 0 amide bonds. The monoisotopic (exact) mass is 462 g/mol. The number of ether oxygens (including phenoxy) is 1. The van der Waals surface area contributed by atoms with Crippen molar-refractivity contribution in [3.05, 3.63) is 69.1 Å². The lowest BCUT2D eigenvalue weighted by molar-refractivity contribution is 0.325. The molecular weight excluding hydrogens is 447 g/mol. The number of nitrogens with zero attached hydrogens (tertiary/aromatic N) is 3. The van der Waals surface area contributed by atoms with Gasteiger partial charge in [-0.25, -0.2) is 9.97 Å². The molecule has 2 heterocycles. The van der Waals surface area contributed by atoms with Crippen LogP contribution in [-0.2, 0) is 6.42 Å². The Labute approximate surface area is 187 Å². The minimum atomic E-state index is 0.0523. The Morgan fingerprint density at radius 3 is 2.70 bits per heavy atom. The van der Waals surface area contributed by atoms with E-state index in [1.54, 1.807) is 12.1 Å². The van der Waals surface area contributed by atoms with E-state index in [1.165, 1.54) is 0 Å². The topological polar surface area (TPSA) is 102 Å². The SMILES string of the molecule is NCCOc1ccc(Cl)cc1Cc1ccc2[nH]nc(Nc3cc(Cl)nc(Cl)n3)c2c1. The molecule has 154 valence electrons. The molecule has 0 atom stereocenters. The van der Waals surface area contributed by atoms with Gasteiger partial charge in [0.1, 0.15) is 23.3 Å². The van der Waals surface area contributed by atoms with E-state index in [4.69, 9.17) is 45.3 Å². The molecule has 0 spiro atoms. The first-order valence-electron chi connectivity index (χ1n) is 9.07. The second-order valence-corrected chi connectivity index (χ2v) is 7.65. The number of fused-ring (bicyclic) bond motifs is 1. The van der Waals surface area contributed by atoms with Crippen molar-refractivity contribution in [2.45, 2.75) is 6.42 Å². The third-order valence-corrected chi connectivity index (χ3v) is 4.93. The maximum atomic E-state index is 6.20. The van der Waals surface area contributed by atoms with Crippen LogP contribution in [0.2, 0.25) is 15.5 Å². The molecule has 30 heavy (non-hydrogen) atoms. The van der Waals surface area contributed by atoms with Crippen molar-refractivity contribution in [2.75, 3.05) is 18.5 Å². The largest absolute Gasteiger partial charge is 0.492 e. The van der Waals surface area contributed by atoms with Crippen molar-refractivity contribution >= 4 is 57.3 Å². The predicted octanol–water partition coefficient (Wildman–Crippen LogP) is 4.99. The van der Waals surface area contributed by atoms with Crippen LogP contribution < -0.4 is 15.8 Å². The van der Waals surface area contributed by atoms with Crippen LogP contribution in [0.1, 0.15) is 11.1 Å². The van der Waals surface area contributed by atoms with Crippen molar-refractivity contribution in [3.63, 3.8) is 0 Å². The van der Waals surface area contributed by atoms with Crippen molar-refractivity contribution < 1.29 is 4.74 Å². The summed E-state index contributed by atoms with van der Waals surface area (Å²) in [5, 5.41) is 12.3. The minimum absolute atomic E-state index is 0.0523.